The SMILES string of the molecule is CCCCCNc1cc(OCC(C)C)nc(COC)n1. The fraction of sp³-hybridized carbons (Fsp3) is 0.733. The van der Waals surface area contributed by atoms with Crippen molar-refractivity contribution in [3.63, 3.8) is 0 Å². The molecule has 1 rings (SSSR count). The van der Waals surface area contributed by atoms with E-state index < -0.39 is 0 Å². The molecule has 0 atom stereocenters. The maximum atomic E-state index is 5.68. The standard InChI is InChI=1S/C15H27N3O2/c1-5-6-7-8-16-13-9-15(20-10-12(2)3)18-14(17-13)11-19-4/h9,12H,5-8,10-11H2,1-4H3,(H,16,17,18). The Hall–Kier alpha value is -1.36. The zero-order valence-electron chi connectivity index (χ0n) is 13.1. The van der Waals surface area contributed by atoms with E-state index in [1.165, 1.54) is 12.8 Å². The maximum Gasteiger partial charge on any atom is 0.218 e. The molecule has 0 aliphatic rings. The van der Waals surface area contributed by atoms with Crippen LogP contribution in [0.4, 0.5) is 5.82 Å². The Morgan fingerprint density at radius 3 is 2.70 bits per heavy atom. The van der Waals surface area contributed by atoms with Gasteiger partial charge in [0.1, 0.15) is 12.4 Å². The summed E-state index contributed by atoms with van der Waals surface area (Å²) in [5.41, 5.74) is 0. The lowest BCUT2D eigenvalue weighted by Crippen LogP contribution is -2.10. The second-order valence-electron chi connectivity index (χ2n) is 5.28. The normalized spacial score (nSPS) is 10.8. The maximum absolute atomic E-state index is 5.68. The highest BCUT2D eigenvalue weighted by atomic mass is 16.5. The average Bonchev–Trinajstić information content (AvgIpc) is 2.42. The Morgan fingerprint density at radius 2 is 2.05 bits per heavy atom. The minimum absolute atomic E-state index is 0.391. The van der Waals surface area contributed by atoms with Crippen molar-refractivity contribution < 1.29 is 9.47 Å². The lowest BCUT2D eigenvalue weighted by atomic mass is 10.2. The Morgan fingerprint density at radius 1 is 1.25 bits per heavy atom. The monoisotopic (exact) mass is 281 g/mol. The van der Waals surface area contributed by atoms with Gasteiger partial charge in [0.15, 0.2) is 5.82 Å². The van der Waals surface area contributed by atoms with E-state index in [-0.39, 0.29) is 0 Å². The molecule has 114 valence electrons. The zero-order valence-corrected chi connectivity index (χ0v) is 13.1. The Bertz CT molecular complexity index is 383. The number of methoxy groups -OCH3 is 1. The molecule has 0 aliphatic heterocycles. The summed E-state index contributed by atoms with van der Waals surface area (Å²) in [4.78, 5) is 8.76. The number of nitrogens with one attached hydrogen (secondary N) is 1. The molecular weight excluding hydrogens is 254 g/mol. The first-order chi connectivity index (χ1) is 9.65. The number of nitrogens with zero attached hydrogens (tertiary/aromatic N) is 2. The van der Waals surface area contributed by atoms with Crippen molar-refractivity contribution in [2.75, 3.05) is 25.6 Å². The summed E-state index contributed by atoms with van der Waals surface area (Å²) in [7, 11) is 1.64. The third kappa shape index (κ3) is 6.70. The van der Waals surface area contributed by atoms with Crippen molar-refractivity contribution in [3.05, 3.63) is 11.9 Å². The molecule has 5 heteroatoms. The molecule has 0 saturated heterocycles. The number of hydrogen-bond donors (Lipinski definition) is 1. The molecular formula is C15H27N3O2. The van der Waals surface area contributed by atoms with Gasteiger partial charge >= 0.3 is 0 Å². The quantitative estimate of drug-likeness (QED) is 0.667. The summed E-state index contributed by atoms with van der Waals surface area (Å²) < 4.78 is 10.8. The van der Waals surface area contributed by atoms with Crippen LogP contribution in [0.25, 0.3) is 0 Å². The first-order valence-electron chi connectivity index (χ1n) is 7.39. The van der Waals surface area contributed by atoms with Gasteiger partial charge < -0.3 is 14.8 Å². The summed E-state index contributed by atoms with van der Waals surface area (Å²) in [6.07, 6.45) is 3.57. The van der Waals surface area contributed by atoms with Crippen LogP contribution < -0.4 is 10.1 Å². The molecule has 0 saturated carbocycles. The molecule has 1 aromatic heterocycles. The van der Waals surface area contributed by atoms with Crippen molar-refractivity contribution in [2.24, 2.45) is 5.92 Å². The first kappa shape index (κ1) is 16.7. The van der Waals surface area contributed by atoms with Gasteiger partial charge in [-0.15, -0.1) is 0 Å². The molecule has 1 heterocycles. The van der Waals surface area contributed by atoms with Crippen LogP contribution >= 0.6 is 0 Å². The summed E-state index contributed by atoms with van der Waals surface area (Å²) in [6, 6.07) is 1.85. The molecule has 0 amide bonds. The molecule has 5 nitrogen and oxygen atoms in total. The highest BCUT2D eigenvalue weighted by Crippen LogP contribution is 2.15. The largest absolute Gasteiger partial charge is 0.477 e. The van der Waals surface area contributed by atoms with E-state index in [1.54, 1.807) is 7.11 Å². The van der Waals surface area contributed by atoms with Gasteiger partial charge in [-0.05, 0) is 12.3 Å². The van der Waals surface area contributed by atoms with Gasteiger partial charge in [-0.25, -0.2) is 4.98 Å². The van der Waals surface area contributed by atoms with Crippen molar-refractivity contribution in [2.45, 2.75) is 46.6 Å². The van der Waals surface area contributed by atoms with Crippen LogP contribution in [0.3, 0.4) is 0 Å². The van der Waals surface area contributed by atoms with E-state index >= 15 is 0 Å². The van der Waals surface area contributed by atoms with E-state index in [9.17, 15) is 0 Å². The van der Waals surface area contributed by atoms with E-state index in [2.05, 4.69) is 36.1 Å². The minimum atomic E-state index is 0.391. The molecule has 0 aliphatic carbocycles. The molecule has 20 heavy (non-hydrogen) atoms. The Kier molecular flexibility index (Phi) is 7.95. The van der Waals surface area contributed by atoms with Crippen LogP contribution in [0.5, 0.6) is 5.88 Å². The van der Waals surface area contributed by atoms with Crippen LogP contribution in [-0.4, -0.2) is 30.2 Å². The number of rotatable bonds is 10. The van der Waals surface area contributed by atoms with Crippen molar-refractivity contribution in [3.8, 4) is 5.88 Å². The second-order valence-corrected chi connectivity index (χ2v) is 5.28. The third-order valence-electron chi connectivity index (χ3n) is 2.67. The van der Waals surface area contributed by atoms with Crippen molar-refractivity contribution in [1.82, 2.24) is 9.97 Å². The van der Waals surface area contributed by atoms with E-state index in [0.717, 1.165) is 18.8 Å². The lowest BCUT2D eigenvalue weighted by molar-refractivity contribution is 0.175. The van der Waals surface area contributed by atoms with Gasteiger partial charge in [-0.3, -0.25) is 0 Å². The van der Waals surface area contributed by atoms with Crippen LogP contribution in [0, 0.1) is 5.92 Å². The van der Waals surface area contributed by atoms with Crippen LogP contribution in [-0.2, 0) is 11.3 Å². The van der Waals surface area contributed by atoms with E-state index in [4.69, 9.17) is 9.47 Å². The molecule has 0 unspecified atom stereocenters. The molecule has 1 N–H and O–H groups in total. The van der Waals surface area contributed by atoms with Crippen LogP contribution in [0.2, 0.25) is 0 Å². The smallest absolute Gasteiger partial charge is 0.218 e. The summed E-state index contributed by atoms with van der Waals surface area (Å²) in [5, 5.41) is 3.32. The van der Waals surface area contributed by atoms with Gasteiger partial charge in [0, 0.05) is 19.7 Å². The molecule has 0 aromatic carbocycles. The molecule has 0 fully saturated rings. The summed E-state index contributed by atoms with van der Waals surface area (Å²) in [6.45, 7) is 8.38. The van der Waals surface area contributed by atoms with Crippen LogP contribution in [0.15, 0.2) is 6.07 Å². The number of ether oxygens (including phenoxy) is 2. The van der Waals surface area contributed by atoms with Gasteiger partial charge in [0.25, 0.3) is 0 Å². The fourth-order valence-corrected chi connectivity index (χ4v) is 1.67. The highest BCUT2D eigenvalue weighted by Gasteiger charge is 2.06. The summed E-state index contributed by atoms with van der Waals surface area (Å²) >= 11 is 0. The number of aromatic nitrogens is 2. The van der Waals surface area contributed by atoms with Gasteiger partial charge in [0.05, 0.1) is 6.61 Å². The summed E-state index contributed by atoms with van der Waals surface area (Å²) in [5.74, 6) is 2.53. The molecule has 0 bridgehead atoms. The fourth-order valence-electron chi connectivity index (χ4n) is 1.67. The topological polar surface area (TPSA) is 56.3 Å². The van der Waals surface area contributed by atoms with Crippen LogP contribution in [0.1, 0.15) is 45.9 Å². The van der Waals surface area contributed by atoms with Gasteiger partial charge in [-0.1, -0.05) is 33.6 Å². The molecule has 1 aromatic rings. The predicted molar refractivity (Wildman–Crippen MR) is 81.1 cm³/mol. The zero-order chi connectivity index (χ0) is 14.8. The number of unbranched alkanes of at least 4 members (excludes halogenated alkanes) is 2. The van der Waals surface area contributed by atoms with E-state index in [1.807, 2.05) is 6.07 Å². The molecule has 0 spiro atoms. The highest BCUT2D eigenvalue weighted by molar-refractivity contribution is 5.38. The average molecular weight is 281 g/mol. The number of hydrogen-bond acceptors (Lipinski definition) is 5. The lowest BCUT2D eigenvalue weighted by Gasteiger charge is -2.11. The van der Waals surface area contributed by atoms with Crippen molar-refractivity contribution in [1.29, 1.82) is 0 Å². The third-order valence-corrected chi connectivity index (χ3v) is 2.67. The Labute approximate surface area is 122 Å². The minimum Gasteiger partial charge on any atom is -0.477 e. The van der Waals surface area contributed by atoms with Gasteiger partial charge in [-0.2, -0.15) is 4.98 Å². The number of anilines is 1. The molecule has 0 radical (unpaired) electrons. The first-order valence-corrected chi connectivity index (χ1v) is 7.39. The predicted octanol–water partition coefficient (Wildman–Crippen LogP) is 3.26. The second kappa shape index (κ2) is 9.53. The van der Waals surface area contributed by atoms with Gasteiger partial charge in [0.2, 0.25) is 5.88 Å². The van der Waals surface area contributed by atoms with Crippen molar-refractivity contribution >= 4 is 5.82 Å². The van der Waals surface area contributed by atoms with E-state index in [0.29, 0.717) is 30.8 Å². The Balaban J connectivity index is 2.65.